The molecule has 1 aliphatic rings. The fourth-order valence-corrected chi connectivity index (χ4v) is 3.26. The molecule has 1 aromatic carbocycles. The van der Waals surface area contributed by atoms with Crippen LogP contribution in [0.1, 0.15) is 40.2 Å². The summed E-state index contributed by atoms with van der Waals surface area (Å²) in [6.45, 7) is 1.76. The Balaban J connectivity index is 1.96. The van der Waals surface area contributed by atoms with Crippen molar-refractivity contribution in [3.8, 4) is 5.69 Å². The first-order chi connectivity index (χ1) is 13.1. The normalized spacial score (nSPS) is 14.6. The Morgan fingerprint density at radius 2 is 2.04 bits per heavy atom. The zero-order valence-corrected chi connectivity index (χ0v) is 14.8. The lowest BCUT2D eigenvalue weighted by molar-refractivity contribution is -0.157. The summed E-state index contributed by atoms with van der Waals surface area (Å²) in [6, 6.07) is 2.25. The van der Waals surface area contributed by atoms with Crippen molar-refractivity contribution in [2.75, 3.05) is 0 Å². The molecule has 0 radical (unpaired) electrons. The zero-order chi connectivity index (χ0) is 20.6. The molecule has 1 heterocycles. The third kappa shape index (κ3) is 4.00. The molecule has 0 saturated heterocycles. The summed E-state index contributed by atoms with van der Waals surface area (Å²) < 4.78 is 53.3. The Kier molecular flexibility index (Phi) is 5.14. The van der Waals surface area contributed by atoms with E-state index in [1.807, 2.05) is 5.32 Å². The molecule has 0 fully saturated rings. The van der Waals surface area contributed by atoms with Crippen LogP contribution in [-0.2, 0) is 17.6 Å². The smallest absolute Gasteiger partial charge is 0.391 e. The summed E-state index contributed by atoms with van der Waals surface area (Å²) in [6.07, 6.45) is -4.83. The molecule has 10 heteroatoms. The number of aryl methyl sites for hydroxylation is 1. The van der Waals surface area contributed by atoms with Gasteiger partial charge in [-0.05, 0) is 43.9 Å². The van der Waals surface area contributed by atoms with E-state index in [1.165, 1.54) is 10.7 Å². The number of alkyl halides is 3. The van der Waals surface area contributed by atoms with E-state index >= 15 is 0 Å². The van der Waals surface area contributed by atoms with Crippen molar-refractivity contribution in [2.45, 2.75) is 44.8 Å². The first-order valence-corrected chi connectivity index (χ1v) is 8.54. The molecule has 150 valence electrons. The largest absolute Gasteiger partial charge is 0.480 e. The minimum absolute atomic E-state index is 0.127. The number of nitrogens with zero attached hydrogens (tertiary/aromatic N) is 2. The monoisotopic (exact) mass is 399 g/mol. The number of aliphatic carboxylic acids is 1. The lowest BCUT2D eigenvalue weighted by Gasteiger charge is -2.15. The van der Waals surface area contributed by atoms with Gasteiger partial charge in [-0.2, -0.15) is 18.3 Å². The van der Waals surface area contributed by atoms with E-state index in [-0.39, 0.29) is 11.4 Å². The molecule has 1 amide bonds. The third-order valence-corrected chi connectivity index (χ3v) is 4.51. The SMILES string of the molecule is Cc1ccc(F)c(-n2nc(C(=O)NC(CC(F)(F)F)C(=O)O)c3c2CCC3)c1. The number of carbonyl (C=O) groups is 2. The highest BCUT2D eigenvalue weighted by molar-refractivity contribution is 5.96. The van der Waals surface area contributed by atoms with Gasteiger partial charge in [0.1, 0.15) is 17.5 Å². The molecule has 2 aromatic rings. The van der Waals surface area contributed by atoms with Crippen LogP contribution in [0.25, 0.3) is 5.69 Å². The maximum atomic E-state index is 14.3. The molecule has 3 rings (SSSR count). The highest BCUT2D eigenvalue weighted by Gasteiger charge is 2.37. The quantitative estimate of drug-likeness (QED) is 0.758. The van der Waals surface area contributed by atoms with E-state index in [2.05, 4.69) is 5.10 Å². The van der Waals surface area contributed by atoms with Crippen molar-refractivity contribution in [1.82, 2.24) is 15.1 Å². The van der Waals surface area contributed by atoms with Gasteiger partial charge in [-0.3, -0.25) is 4.79 Å². The summed E-state index contributed by atoms with van der Waals surface area (Å²) in [5.41, 5.74) is 1.80. The molecular formula is C18H17F4N3O3. The van der Waals surface area contributed by atoms with E-state index in [0.29, 0.717) is 30.5 Å². The highest BCUT2D eigenvalue weighted by Crippen LogP contribution is 2.29. The van der Waals surface area contributed by atoms with E-state index in [4.69, 9.17) is 5.11 Å². The second kappa shape index (κ2) is 7.25. The number of rotatable bonds is 5. The summed E-state index contributed by atoms with van der Waals surface area (Å²) in [4.78, 5) is 23.6. The van der Waals surface area contributed by atoms with Gasteiger partial charge >= 0.3 is 12.1 Å². The van der Waals surface area contributed by atoms with Crippen molar-refractivity contribution < 1.29 is 32.3 Å². The Hall–Kier alpha value is -2.91. The topological polar surface area (TPSA) is 84.2 Å². The maximum Gasteiger partial charge on any atom is 0.391 e. The lowest BCUT2D eigenvalue weighted by Crippen LogP contribution is -2.44. The van der Waals surface area contributed by atoms with Crippen LogP contribution in [0, 0.1) is 12.7 Å². The van der Waals surface area contributed by atoms with Gasteiger partial charge < -0.3 is 10.4 Å². The Morgan fingerprint density at radius 3 is 2.68 bits per heavy atom. The average molecular weight is 399 g/mol. The highest BCUT2D eigenvalue weighted by atomic mass is 19.4. The number of benzene rings is 1. The van der Waals surface area contributed by atoms with Crippen molar-refractivity contribution >= 4 is 11.9 Å². The fourth-order valence-electron chi connectivity index (χ4n) is 3.26. The minimum Gasteiger partial charge on any atom is -0.480 e. The molecule has 6 nitrogen and oxygen atoms in total. The van der Waals surface area contributed by atoms with E-state index in [9.17, 15) is 27.2 Å². The summed E-state index contributed by atoms with van der Waals surface area (Å²) in [7, 11) is 0. The van der Waals surface area contributed by atoms with Crippen molar-refractivity contribution in [3.63, 3.8) is 0 Å². The van der Waals surface area contributed by atoms with E-state index in [1.54, 1.807) is 19.1 Å². The molecule has 0 spiro atoms. The van der Waals surface area contributed by atoms with Gasteiger partial charge in [0.05, 0.1) is 6.42 Å². The van der Waals surface area contributed by atoms with Crippen LogP contribution in [0.4, 0.5) is 17.6 Å². The number of carbonyl (C=O) groups excluding carboxylic acids is 1. The Morgan fingerprint density at radius 1 is 1.32 bits per heavy atom. The van der Waals surface area contributed by atoms with Crippen LogP contribution in [0.3, 0.4) is 0 Å². The number of fused-ring (bicyclic) bond motifs is 1. The second-order valence-corrected chi connectivity index (χ2v) is 6.68. The maximum absolute atomic E-state index is 14.3. The number of carboxylic acids is 1. The van der Waals surface area contributed by atoms with Gasteiger partial charge in [-0.15, -0.1) is 0 Å². The second-order valence-electron chi connectivity index (χ2n) is 6.68. The van der Waals surface area contributed by atoms with Crippen LogP contribution in [-0.4, -0.2) is 39.0 Å². The van der Waals surface area contributed by atoms with Gasteiger partial charge in [0.15, 0.2) is 5.69 Å². The van der Waals surface area contributed by atoms with Gasteiger partial charge in [0.2, 0.25) is 0 Å². The van der Waals surface area contributed by atoms with Crippen LogP contribution >= 0.6 is 0 Å². The Labute approximate surface area is 157 Å². The number of aromatic nitrogens is 2. The van der Waals surface area contributed by atoms with Crippen LogP contribution in [0.15, 0.2) is 18.2 Å². The van der Waals surface area contributed by atoms with Crippen molar-refractivity contribution in [3.05, 3.63) is 46.5 Å². The molecule has 2 N–H and O–H groups in total. The van der Waals surface area contributed by atoms with Gasteiger partial charge in [-0.25, -0.2) is 13.9 Å². The molecule has 0 aliphatic heterocycles. The zero-order valence-electron chi connectivity index (χ0n) is 14.8. The standard InChI is InChI=1S/C18H17F4N3O3/c1-9-5-6-11(19)14(7-9)25-13-4-2-3-10(13)15(24-25)16(26)23-12(17(27)28)8-18(20,21)22/h5-7,12H,2-4,8H2,1H3,(H,23,26)(H,27,28). The molecule has 1 aliphatic carbocycles. The molecular weight excluding hydrogens is 382 g/mol. The third-order valence-electron chi connectivity index (χ3n) is 4.51. The predicted molar refractivity (Wildman–Crippen MR) is 89.8 cm³/mol. The molecule has 1 aromatic heterocycles. The number of hydrogen-bond donors (Lipinski definition) is 2. The minimum atomic E-state index is -4.76. The lowest BCUT2D eigenvalue weighted by atomic mass is 10.1. The summed E-state index contributed by atoms with van der Waals surface area (Å²) >= 11 is 0. The molecule has 1 unspecified atom stereocenters. The van der Waals surface area contributed by atoms with E-state index < -0.39 is 36.3 Å². The molecule has 28 heavy (non-hydrogen) atoms. The summed E-state index contributed by atoms with van der Waals surface area (Å²) in [5.74, 6) is -3.39. The number of halogens is 4. The average Bonchev–Trinajstić information content (AvgIpc) is 3.17. The number of carboxylic acid groups (broad SMARTS) is 1. The van der Waals surface area contributed by atoms with Crippen molar-refractivity contribution in [1.29, 1.82) is 0 Å². The fraction of sp³-hybridized carbons (Fsp3) is 0.389. The van der Waals surface area contributed by atoms with Crippen LogP contribution in [0.5, 0.6) is 0 Å². The van der Waals surface area contributed by atoms with Crippen LogP contribution < -0.4 is 5.32 Å². The first-order valence-electron chi connectivity index (χ1n) is 8.54. The van der Waals surface area contributed by atoms with Crippen LogP contribution in [0.2, 0.25) is 0 Å². The number of amides is 1. The molecule has 1 atom stereocenters. The van der Waals surface area contributed by atoms with Gasteiger partial charge in [0, 0.05) is 11.3 Å². The number of hydrogen-bond acceptors (Lipinski definition) is 3. The first kappa shape index (κ1) is 19.8. The molecule has 0 bridgehead atoms. The van der Waals surface area contributed by atoms with E-state index in [0.717, 1.165) is 5.56 Å². The van der Waals surface area contributed by atoms with Gasteiger partial charge in [0.25, 0.3) is 5.91 Å². The predicted octanol–water partition coefficient (Wildman–Crippen LogP) is 2.94. The summed E-state index contributed by atoms with van der Waals surface area (Å²) in [5, 5.41) is 15.0. The van der Waals surface area contributed by atoms with Gasteiger partial charge in [-0.1, -0.05) is 6.07 Å². The number of nitrogens with one attached hydrogen (secondary N) is 1. The molecule has 0 saturated carbocycles. The van der Waals surface area contributed by atoms with Crippen molar-refractivity contribution in [2.24, 2.45) is 0 Å². The Bertz CT molecular complexity index is 937.